The van der Waals surface area contributed by atoms with Gasteiger partial charge in [-0.3, -0.25) is 0 Å². The van der Waals surface area contributed by atoms with Crippen LogP contribution in [-0.2, 0) is 4.79 Å². The third-order valence-electron chi connectivity index (χ3n) is 1.87. The molecule has 0 spiro atoms. The van der Waals surface area contributed by atoms with Crippen molar-refractivity contribution in [1.82, 2.24) is 0 Å². The highest BCUT2D eigenvalue weighted by atomic mass is 16.4. The second-order valence-electron chi connectivity index (χ2n) is 3.20. The zero-order valence-electron chi connectivity index (χ0n) is 7.51. The molecule has 3 N–H and O–H groups in total. The van der Waals surface area contributed by atoms with Gasteiger partial charge in [-0.2, -0.15) is 0 Å². The lowest BCUT2D eigenvalue weighted by Gasteiger charge is -2.14. The van der Waals surface area contributed by atoms with Crippen LogP contribution in [0.3, 0.4) is 0 Å². The van der Waals surface area contributed by atoms with E-state index in [0.29, 0.717) is 6.42 Å². The minimum atomic E-state index is -1.42. The van der Waals surface area contributed by atoms with E-state index in [1.807, 2.05) is 0 Å². The van der Waals surface area contributed by atoms with Crippen LogP contribution >= 0.6 is 0 Å². The van der Waals surface area contributed by atoms with Crippen LogP contribution < -0.4 is 5.11 Å². The quantitative estimate of drug-likeness (QED) is 0.425. The van der Waals surface area contributed by atoms with Crippen molar-refractivity contribution in [3.8, 4) is 0 Å². The lowest BCUT2D eigenvalue weighted by molar-refractivity contribution is -0.307. The standard InChI is InChI=1S/C7H15BO5/c1-5(8(12)13)2-3-6(9)4-7(10)11/h5-6,9,12-13H,2-4H2,1H3,(H,10,11)/p-1/t5-,6?/m0/s1. The zero-order valence-corrected chi connectivity index (χ0v) is 7.51. The SMILES string of the molecule is C[C@@H](CCC(O)CC(=O)[O-])B(O)O. The summed E-state index contributed by atoms with van der Waals surface area (Å²) in [6.45, 7) is 1.61. The lowest BCUT2D eigenvalue weighted by atomic mass is 9.71. The Morgan fingerprint density at radius 3 is 2.38 bits per heavy atom. The summed E-state index contributed by atoms with van der Waals surface area (Å²) in [7, 11) is -1.42. The first-order valence-corrected chi connectivity index (χ1v) is 4.17. The highest BCUT2D eigenvalue weighted by Gasteiger charge is 2.18. The Kier molecular flexibility index (Phi) is 5.69. The van der Waals surface area contributed by atoms with Crippen molar-refractivity contribution in [2.45, 2.75) is 38.1 Å². The molecule has 1 unspecified atom stereocenters. The van der Waals surface area contributed by atoms with Crippen molar-refractivity contribution < 1.29 is 25.1 Å². The first kappa shape index (κ1) is 12.4. The molecule has 0 aromatic heterocycles. The van der Waals surface area contributed by atoms with E-state index in [1.165, 1.54) is 0 Å². The molecule has 0 radical (unpaired) electrons. The number of aliphatic hydroxyl groups excluding tert-OH is 1. The molecule has 0 aliphatic heterocycles. The van der Waals surface area contributed by atoms with E-state index in [1.54, 1.807) is 6.92 Å². The highest BCUT2D eigenvalue weighted by Crippen LogP contribution is 2.15. The smallest absolute Gasteiger partial charge is 0.454 e. The van der Waals surface area contributed by atoms with Gasteiger partial charge < -0.3 is 25.1 Å². The van der Waals surface area contributed by atoms with E-state index in [9.17, 15) is 9.90 Å². The Morgan fingerprint density at radius 1 is 1.46 bits per heavy atom. The molecular weight excluding hydrogens is 175 g/mol. The Bertz CT molecular complexity index is 161. The van der Waals surface area contributed by atoms with E-state index in [-0.39, 0.29) is 12.2 Å². The summed E-state index contributed by atoms with van der Waals surface area (Å²) >= 11 is 0. The van der Waals surface area contributed by atoms with Gasteiger partial charge in [-0.05, 0) is 18.7 Å². The molecule has 0 fully saturated rings. The number of aliphatic carboxylic acids is 1. The summed E-state index contributed by atoms with van der Waals surface area (Å²) in [5.41, 5.74) is 0. The predicted octanol–water partition coefficient (Wildman–Crippen LogP) is -1.87. The molecule has 5 nitrogen and oxygen atoms in total. The summed E-state index contributed by atoms with van der Waals surface area (Å²) in [6.07, 6.45) is -0.779. The van der Waals surface area contributed by atoms with Gasteiger partial charge in [0.25, 0.3) is 0 Å². The molecular formula is C7H14BO5-. The van der Waals surface area contributed by atoms with Crippen molar-refractivity contribution >= 4 is 13.1 Å². The van der Waals surface area contributed by atoms with Gasteiger partial charge in [0.1, 0.15) is 0 Å². The second kappa shape index (κ2) is 5.96. The molecule has 0 aromatic carbocycles. The number of carboxylic acid groups (broad SMARTS) is 1. The first-order valence-electron chi connectivity index (χ1n) is 4.17. The van der Waals surface area contributed by atoms with Gasteiger partial charge in [0, 0.05) is 12.4 Å². The van der Waals surface area contributed by atoms with E-state index in [4.69, 9.17) is 15.2 Å². The fraction of sp³-hybridized carbons (Fsp3) is 0.857. The number of hydrogen-bond donors (Lipinski definition) is 3. The van der Waals surface area contributed by atoms with Crippen LogP contribution in [0.15, 0.2) is 0 Å². The molecule has 2 atom stereocenters. The first-order chi connectivity index (χ1) is 5.93. The van der Waals surface area contributed by atoms with Crippen LogP contribution in [0.4, 0.5) is 0 Å². The molecule has 0 aromatic rings. The molecule has 13 heavy (non-hydrogen) atoms. The zero-order chi connectivity index (χ0) is 10.4. The summed E-state index contributed by atoms with van der Waals surface area (Å²) in [6, 6.07) is 0. The predicted molar refractivity (Wildman–Crippen MR) is 44.5 cm³/mol. The maximum atomic E-state index is 10.0. The largest absolute Gasteiger partial charge is 0.550 e. The molecule has 0 bridgehead atoms. The minimum absolute atomic E-state index is 0.229. The summed E-state index contributed by atoms with van der Waals surface area (Å²) in [5, 5.41) is 36.4. The summed E-state index contributed by atoms with van der Waals surface area (Å²) < 4.78 is 0. The lowest BCUT2D eigenvalue weighted by Crippen LogP contribution is -2.28. The fourth-order valence-corrected chi connectivity index (χ4v) is 0.899. The minimum Gasteiger partial charge on any atom is -0.550 e. The number of carbonyl (C=O) groups is 1. The van der Waals surface area contributed by atoms with Crippen LogP contribution in [0.1, 0.15) is 26.2 Å². The fourth-order valence-electron chi connectivity index (χ4n) is 0.899. The Labute approximate surface area is 77.2 Å². The average Bonchev–Trinajstić information content (AvgIpc) is 1.98. The molecule has 6 heteroatoms. The van der Waals surface area contributed by atoms with Gasteiger partial charge in [-0.25, -0.2) is 0 Å². The summed E-state index contributed by atoms with van der Waals surface area (Å²) in [4.78, 5) is 10.0. The Morgan fingerprint density at radius 2 is 2.00 bits per heavy atom. The van der Waals surface area contributed by atoms with E-state index in [0.717, 1.165) is 0 Å². The van der Waals surface area contributed by atoms with Crippen molar-refractivity contribution in [3.63, 3.8) is 0 Å². The number of carbonyl (C=O) groups excluding carboxylic acids is 1. The van der Waals surface area contributed by atoms with Gasteiger partial charge >= 0.3 is 7.12 Å². The van der Waals surface area contributed by atoms with Crippen molar-refractivity contribution in [2.75, 3.05) is 0 Å². The number of hydrogen-bond acceptors (Lipinski definition) is 5. The van der Waals surface area contributed by atoms with Gasteiger partial charge in [-0.1, -0.05) is 6.92 Å². The summed E-state index contributed by atoms with van der Waals surface area (Å²) in [5.74, 6) is -1.67. The van der Waals surface area contributed by atoms with Gasteiger partial charge in [-0.15, -0.1) is 0 Å². The molecule has 0 amide bonds. The Hall–Kier alpha value is -0.585. The van der Waals surface area contributed by atoms with Crippen LogP contribution in [0.5, 0.6) is 0 Å². The van der Waals surface area contributed by atoms with Crippen molar-refractivity contribution in [3.05, 3.63) is 0 Å². The second-order valence-corrected chi connectivity index (χ2v) is 3.20. The van der Waals surface area contributed by atoms with E-state index >= 15 is 0 Å². The molecule has 0 saturated carbocycles. The van der Waals surface area contributed by atoms with Crippen LogP contribution in [-0.4, -0.2) is 34.3 Å². The third kappa shape index (κ3) is 6.56. The topological polar surface area (TPSA) is 101 Å². The third-order valence-corrected chi connectivity index (χ3v) is 1.87. The normalized spacial score (nSPS) is 15.1. The van der Waals surface area contributed by atoms with Crippen molar-refractivity contribution in [1.29, 1.82) is 0 Å². The monoisotopic (exact) mass is 189 g/mol. The van der Waals surface area contributed by atoms with Crippen LogP contribution in [0, 0.1) is 0 Å². The Balaban J connectivity index is 3.57. The van der Waals surface area contributed by atoms with Gasteiger partial charge in [0.2, 0.25) is 0 Å². The number of rotatable bonds is 6. The average molecular weight is 189 g/mol. The molecule has 0 saturated heterocycles. The van der Waals surface area contributed by atoms with Crippen LogP contribution in [0.2, 0.25) is 5.82 Å². The number of carboxylic acids is 1. The molecule has 76 valence electrons. The van der Waals surface area contributed by atoms with E-state index in [2.05, 4.69) is 0 Å². The van der Waals surface area contributed by atoms with Gasteiger partial charge in [0.15, 0.2) is 0 Å². The number of aliphatic hydroxyl groups is 1. The molecule has 0 rings (SSSR count). The highest BCUT2D eigenvalue weighted by molar-refractivity contribution is 6.42. The van der Waals surface area contributed by atoms with Gasteiger partial charge in [0.05, 0.1) is 6.10 Å². The molecule has 0 aliphatic rings. The van der Waals surface area contributed by atoms with E-state index < -0.39 is 25.6 Å². The maximum Gasteiger partial charge on any atom is 0.454 e. The van der Waals surface area contributed by atoms with Crippen molar-refractivity contribution in [2.24, 2.45) is 0 Å². The maximum absolute atomic E-state index is 10.0. The molecule has 0 aliphatic carbocycles. The molecule has 0 heterocycles. The van der Waals surface area contributed by atoms with Crippen LogP contribution in [0.25, 0.3) is 0 Å².